The van der Waals surface area contributed by atoms with E-state index < -0.39 is 17.8 Å². The molecular weight excluding hydrogens is 401 g/mol. The van der Waals surface area contributed by atoms with Crippen LogP contribution >= 0.6 is 0 Å². The summed E-state index contributed by atoms with van der Waals surface area (Å²) >= 11 is 0. The first kappa shape index (κ1) is 19.1. The van der Waals surface area contributed by atoms with Gasteiger partial charge in [0.2, 0.25) is 11.8 Å². The number of carbonyl (C=O) groups is 3. The molecule has 8 nitrogen and oxygen atoms in total. The Hall–Kier alpha value is -3.88. The van der Waals surface area contributed by atoms with E-state index in [1.54, 1.807) is 23.9 Å². The van der Waals surface area contributed by atoms with Gasteiger partial charge in [-0.05, 0) is 42.3 Å². The fourth-order valence-corrected chi connectivity index (χ4v) is 4.11. The van der Waals surface area contributed by atoms with Crippen molar-refractivity contribution >= 4 is 17.7 Å². The molecule has 4 heterocycles. The summed E-state index contributed by atoms with van der Waals surface area (Å²) in [7, 11) is 1.78. The molecule has 1 fully saturated rings. The highest BCUT2D eigenvalue weighted by Crippen LogP contribution is 2.32. The van der Waals surface area contributed by atoms with E-state index in [2.05, 4.69) is 15.4 Å². The van der Waals surface area contributed by atoms with Gasteiger partial charge >= 0.3 is 0 Å². The minimum Gasteiger partial charge on any atom is -0.322 e. The molecule has 9 heteroatoms. The molecule has 1 atom stereocenters. The van der Waals surface area contributed by atoms with Crippen LogP contribution in [0.15, 0.2) is 42.6 Å². The second-order valence-electron chi connectivity index (χ2n) is 7.67. The highest BCUT2D eigenvalue weighted by Gasteiger charge is 2.39. The van der Waals surface area contributed by atoms with Crippen LogP contribution in [0.5, 0.6) is 0 Å². The fourth-order valence-electron chi connectivity index (χ4n) is 4.11. The van der Waals surface area contributed by atoms with Crippen molar-refractivity contribution in [2.75, 3.05) is 0 Å². The standard InChI is InChI=1S/C22H18FN5O3/c1-27-19(16-5-3-14(23)10-24-16)9-17(26-27)12-2-4-15-13(8-12)11-28(22(15)31)18-6-7-20(29)25-21(18)30/h2-5,8-10,18H,6-7,11H2,1H3,(H,25,29,30). The van der Waals surface area contributed by atoms with E-state index in [-0.39, 0.29) is 18.2 Å². The first-order chi connectivity index (χ1) is 14.9. The maximum absolute atomic E-state index is 13.2. The van der Waals surface area contributed by atoms with Gasteiger partial charge in [0.1, 0.15) is 11.9 Å². The molecule has 2 aliphatic rings. The molecule has 2 aromatic heterocycles. The number of pyridine rings is 1. The maximum atomic E-state index is 13.2. The second-order valence-corrected chi connectivity index (χ2v) is 7.67. The van der Waals surface area contributed by atoms with Gasteiger partial charge in [0.05, 0.1) is 23.3 Å². The van der Waals surface area contributed by atoms with E-state index in [9.17, 15) is 18.8 Å². The molecule has 5 rings (SSSR count). The Bertz CT molecular complexity index is 1230. The minimum absolute atomic E-state index is 0.215. The Balaban J connectivity index is 1.43. The number of hydrogen-bond donors (Lipinski definition) is 1. The number of imide groups is 1. The monoisotopic (exact) mass is 419 g/mol. The van der Waals surface area contributed by atoms with Crippen molar-refractivity contribution in [3.8, 4) is 22.6 Å². The van der Waals surface area contributed by atoms with Crippen molar-refractivity contribution in [3.05, 3.63) is 59.5 Å². The first-order valence-electron chi connectivity index (χ1n) is 9.84. The van der Waals surface area contributed by atoms with Crippen LogP contribution in [0, 0.1) is 5.82 Å². The Morgan fingerprint density at radius 1 is 1.10 bits per heavy atom. The summed E-state index contributed by atoms with van der Waals surface area (Å²) in [4.78, 5) is 42.1. The summed E-state index contributed by atoms with van der Waals surface area (Å²) in [5.74, 6) is -1.36. The van der Waals surface area contributed by atoms with Gasteiger partial charge in [-0.1, -0.05) is 6.07 Å². The topological polar surface area (TPSA) is 97.2 Å². The average molecular weight is 419 g/mol. The van der Waals surface area contributed by atoms with Crippen LogP contribution in [0.25, 0.3) is 22.6 Å². The minimum atomic E-state index is -0.646. The second kappa shape index (κ2) is 7.12. The molecule has 0 radical (unpaired) electrons. The Labute approximate surface area is 176 Å². The van der Waals surface area contributed by atoms with Crippen LogP contribution in [-0.4, -0.2) is 43.4 Å². The molecular formula is C22H18FN5O3. The van der Waals surface area contributed by atoms with Crippen LogP contribution in [0.2, 0.25) is 0 Å². The lowest BCUT2D eigenvalue weighted by Crippen LogP contribution is -2.52. The van der Waals surface area contributed by atoms with Crippen LogP contribution in [0.1, 0.15) is 28.8 Å². The predicted molar refractivity (Wildman–Crippen MR) is 108 cm³/mol. The van der Waals surface area contributed by atoms with Gasteiger partial charge in [0, 0.05) is 31.1 Å². The fraction of sp³-hybridized carbons (Fsp3) is 0.227. The zero-order valence-corrected chi connectivity index (χ0v) is 16.6. The van der Waals surface area contributed by atoms with E-state index in [0.29, 0.717) is 29.9 Å². The van der Waals surface area contributed by atoms with Gasteiger partial charge < -0.3 is 4.90 Å². The van der Waals surface area contributed by atoms with Gasteiger partial charge in [0.25, 0.3) is 5.91 Å². The van der Waals surface area contributed by atoms with Gasteiger partial charge in [-0.15, -0.1) is 0 Å². The van der Waals surface area contributed by atoms with Gasteiger partial charge in [-0.3, -0.25) is 29.4 Å². The van der Waals surface area contributed by atoms with Crippen molar-refractivity contribution in [3.63, 3.8) is 0 Å². The number of benzene rings is 1. The first-order valence-corrected chi connectivity index (χ1v) is 9.84. The third-order valence-electron chi connectivity index (χ3n) is 5.69. The molecule has 0 spiro atoms. The summed E-state index contributed by atoms with van der Waals surface area (Å²) in [5.41, 5.74) is 4.20. The number of piperidine rings is 1. The number of fused-ring (bicyclic) bond motifs is 1. The Morgan fingerprint density at radius 3 is 2.68 bits per heavy atom. The summed E-state index contributed by atoms with van der Waals surface area (Å²) in [6.45, 7) is 0.299. The number of hydrogen-bond acceptors (Lipinski definition) is 5. The molecule has 156 valence electrons. The number of nitrogens with zero attached hydrogens (tertiary/aromatic N) is 4. The molecule has 0 saturated carbocycles. The van der Waals surface area contributed by atoms with Crippen LogP contribution in [0.4, 0.5) is 4.39 Å². The molecule has 2 aliphatic heterocycles. The molecule has 1 N–H and O–H groups in total. The number of carbonyl (C=O) groups excluding carboxylic acids is 3. The van der Waals surface area contributed by atoms with Crippen molar-refractivity contribution in [2.24, 2.45) is 7.05 Å². The van der Waals surface area contributed by atoms with Gasteiger partial charge in [-0.25, -0.2) is 4.39 Å². The van der Waals surface area contributed by atoms with E-state index in [1.165, 1.54) is 11.0 Å². The predicted octanol–water partition coefficient (Wildman–Crippen LogP) is 2.05. The maximum Gasteiger partial charge on any atom is 0.255 e. The van der Waals surface area contributed by atoms with Gasteiger partial charge in [-0.2, -0.15) is 5.10 Å². The van der Waals surface area contributed by atoms with E-state index in [0.717, 1.165) is 23.0 Å². The summed E-state index contributed by atoms with van der Waals surface area (Å²) < 4.78 is 14.9. The van der Waals surface area contributed by atoms with Crippen molar-refractivity contribution in [1.82, 2.24) is 25.0 Å². The van der Waals surface area contributed by atoms with Crippen molar-refractivity contribution < 1.29 is 18.8 Å². The molecule has 0 aliphatic carbocycles. The van der Waals surface area contributed by atoms with Crippen LogP contribution < -0.4 is 5.32 Å². The Morgan fingerprint density at radius 2 is 1.94 bits per heavy atom. The molecule has 1 aromatic carbocycles. The SMILES string of the molecule is Cn1nc(-c2ccc3c(c2)CN(C2CCC(=O)NC2=O)C3=O)cc1-c1ccc(F)cn1. The quantitative estimate of drug-likeness (QED) is 0.656. The summed E-state index contributed by atoms with van der Waals surface area (Å²) in [5, 5.41) is 6.84. The van der Waals surface area contributed by atoms with E-state index >= 15 is 0 Å². The number of halogens is 1. The number of amides is 3. The zero-order valence-electron chi connectivity index (χ0n) is 16.6. The van der Waals surface area contributed by atoms with Crippen LogP contribution in [0.3, 0.4) is 0 Å². The van der Waals surface area contributed by atoms with Crippen molar-refractivity contribution in [2.45, 2.75) is 25.4 Å². The number of aromatic nitrogens is 3. The smallest absolute Gasteiger partial charge is 0.255 e. The molecule has 3 amide bonds. The summed E-state index contributed by atoms with van der Waals surface area (Å²) in [6, 6.07) is 9.60. The summed E-state index contributed by atoms with van der Waals surface area (Å²) in [6.07, 6.45) is 1.70. The third-order valence-corrected chi connectivity index (χ3v) is 5.69. The van der Waals surface area contributed by atoms with E-state index in [1.807, 2.05) is 18.2 Å². The Kier molecular flexibility index (Phi) is 4.39. The normalized spacial score (nSPS) is 18.3. The molecule has 1 saturated heterocycles. The molecule has 1 unspecified atom stereocenters. The number of aryl methyl sites for hydroxylation is 1. The lowest BCUT2D eigenvalue weighted by Gasteiger charge is -2.29. The van der Waals surface area contributed by atoms with Crippen molar-refractivity contribution in [1.29, 1.82) is 0 Å². The highest BCUT2D eigenvalue weighted by atomic mass is 19.1. The van der Waals surface area contributed by atoms with E-state index in [4.69, 9.17) is 0 Å². The zero-order chi connectivity index (χ0) is 21.7. The molecule has 0 bridgehead atoms. The van der Waals surface area contributed by atoms with Gasteiger partial charge in [0.15, 0.2) is 0 Å². The molecule has 3 aromatic rings. The number of rotatable bonds is 3. The third kappa shape index (κ3) is 3.27. The highest BCUT2D eigenvalue weighted by molar-refractivity contribution is 6.05. The lowest BCUT2D eigenvalue weighted by molar-refractivity contribution is -0.136. The average Bonchev–Trinajstić information content (AvgIpc) is 3.29. The lowest BCUT2D eigenvalue weighted by atomic mass is 10.0. The number of nitrogens with one attached hydrogen (secondary N) is 1. The largest absolute Gasteiger partial charge is 0.322 e. The molecule has 31 heavy (non-hydrogen) atoms. The van der Waals surface area contributed by atoms with Crippen LogP contribution in [-0.2, 0) is 23.2 Å².